The number of hydrazone groups is 1. The summed E-state index contributed by atoms with van der Waals surface area (Å²) in [5.41, 5.74) is 4.87. The Hall–Kier alpha value is -2.46. The van der Waals surface area contributed by atoms with E-state index in [1.165, 1.54) is 12.1 Å². The molecule has 0 spiro atoms. The molecule has 9 nitrogen and oxygen atoms in total. The van der Waals surface area contributed by atoms with E-state index in [1.807, 2.05) is 0 Å². The highest BCUT2D eigenvalue weighted by Crippen LogP contribution is 2.22. The molecule has 3 rings (SSSR count). The number of rotatable bonds is 3. The molecule has 0 aliphatic carbocycles. The molecule has 1 fully saturated rings. The summed E-state index contributed by atoms with van der Waals surface area (Å²) in [7, 11) is -3.19. The minimum Gasteiger partial charge on any atom is -0.273 e. The van der Waals surface area contributed by atoms with E-state index < -0.39 is 27.7 Å². The van der Waals surface area contributed by atoms with Gasteiger partial charge in [0.1, 0.15) is 5.71 Å². The summed E-state index contributed by atoms with van der Waals surface area (Å²) in [6.07, 6.45) is 0.450. The average Bonchev–Trinajstić information content (AvgIpc) is 3.00. The lowest BCUT2D eigenvalue weighted by molar-refractivity contribution is -0.133. The van der Waals surface area contributed by atoms with Gasteiger partial charge in [-0.3, -0.25) is 25.2 Å². The molecule has 0 radical (unpaired) electrons. The van der Waals surface area contributed by atoms with E-state index in [0.717, 1.165) is 5.01 Å². The highest BCUT2D eigenvalue weighted by molar-refractivity contribution is 7.91. The van der Waals surface area contributed by atoms with E-state index in [-0.39, 0.29) is 36.0 Å². The van der Waals surface area contributed by atoms with Gasteiger partial charge in [0.15, 0.2) is 9.84 Å². The largest absolute Gasteiger partial charge is 0.285 e. The highest BCUT2D eigenvalue weighted by Gasteiger charge is 2.37. The van der Waals surface area contributed by atoms with Crippen LogP contribution in [0.15, 0.2) is 29.4 Å². The summed E-state index contributed by atoms with van der Waals surface area (Å²) in [4.78, 5) is 36.3. The van der Waals surface area contributed by atoms with Crippen molar-refractivity contribution in [1.82, 2.24) is 15.9 Å². The normalized spacial score (nSPS) is 21.5. The van der Waals surface area contributed by atoms with E-state index in [4.69, 9.17) is 11.6 Å². The second-order valence-corrected chi connectivity index (χ2v) is 8.92. The molecular weight excluding hydrogens is 396 g/mol. The molecule has 11 heteroatoms. The van der Waals surface area contributed by atoms with Gasteiger partial charge in [-0.15, -0.1) is 0 Å². The van der Waals surface area contributed by atoms with Gasteiger partial charge in [-0.1, -0.05) is 11.6 Å². The summed E-state index contributed by atoms with van der Waals surface area (Å²) >= 11 is 5.76. The van der Waals surface area contributed by atoms with Crippen LogP contribution in [-0.2, 0) is 19.4 Å². The van der Waals surface area contributed by atoms with Crippen LogP contribution in [0.2, 0.25) is 5.02 Å². The van der Waals surface area contributed by atoms with Crippen molar-refractivity contribution in [3.63, 3.8) is 0 Å². The molecule has 144 valence electrons. The quantitative estimate of drug-likeness (QED) is 0.689. The van der Waals surface area contributed by atoms with Gasteiger partial charge in [-0.05, 0) is 30.7 Å². The van der Waals surface area contributed by atoms with Gasteiger partial charge in [0.2, 0.25) is 5.91 Å². The zero-order valence-electron chi connectivity index (χ0n) is 14.1. The van der Waals surface area contributed by atoms with Crippen molar-refractivity contribution < 1.29 is 22.8 Å². The lowest BCUT2D eigenvalue weighted by atomic mass is 10.1. The number of nitrogens with zero attached hydrogens (tertiary/aromatic N) is 2. The highest BCUT2D eigenvalue weighted by atomic mass is 35.5. The van der Waals surface area contributed by atoms with E-state index in [0.29, 0.717) is 17.0 Å². The van der Waals surface area contributed by atoms with Crippen LogP contribution in [0.1, 0.15) is 29.6 Å². The third-order valence-electron chi connectivity index (χ3n) is 4.27. The topological polar surface area (TPSA) is 125 Å². The number of carbonyl (C=O) groups is 3. The first-order valence-electron chi connectivity index (χ1n) is 8.21. The summed E-state index contributed by atoms with van der Waals surface area (Å²) in [5, 5.41) is 5.59. The fraction of sp³-hybridized carbons (Fsp3) is 0.375. The molecule has 3 amide bonds. The molecule has 2 heterocycles. The van der Waals surface area contributed by atoms with Crippen molar-refractivity contribution in [1.29, 1.82) is 0 Å². The van der Waals surface area contributed by atoms with Crippen molar-refractivity contribution in [3.05, 3.63) is 34.9 Å². The number of sulfone groups is 1. The second-order valence-electron chi connectivity index (χ2n) is 6.26. The number of hydrazine groups is 1. The molecule has 2 N–H and O–H groups in total. The van der Waals surface area contributed by atoms with E-state index >= 15 is 0 Å². The molecule has 1 unspecified atom stereocenters. The number of carbonyl (C=O) groups excluding carboxylic acids is 3. The molecule has 1 aromatic rings. The van der Waals surface area contributed by atoms with Gasteiger partial charge in [0, 0.05) is 23.4 Å². The molecule has 27 heavy (non-hydrogen) atoms. The Balaban J connectivity index is 1.63. The number of halogens is 1. The Morgan fingerprint density at radius 2 is 1.78 bits per heavy atom. The SMILES string of the molecule is O=C(NNC(=O)c1ccc(Cl)cc1)C1=NN(C2CCS(=O)(=O)C2)C(=O)CC1. The zero-order chi connectivity index (χ0) is 19.6. The fourth-order valence-corrected chi connectivity index (χ4v) is 4.67. The number of hydrogen-bond acceptors (Lipinski definition) is 6. The number of benzene rings is 1. The predicted octanol–water partition coefficient (Wildman–Crippen LogP) is 0.266. The van der Waals surface area contributed by atoms with Crippen LogP contribution in [0.3, 0.4) is 0 Å². The van der Waals surface area contributed by atoms with Crippen LogP contribution in [0.5, 0.6) is 0 Å². The van der Waals surface area contributed by atoms with Gasteiger partial charge in [0.25, 0.3) is 11.8 Å². The Morgan fingerprint density at radius 1 is 1.11 bits per heavy atom. The third-order valence-corrected chi connectivity index (χ3v) is 6.27. The van der Waals surface area contributed by atoms with Crippen molar-refractivity contribution in [3.8, 4) is 0 Å². The Bertz CT molecular complexity index is 913. The van der Waals surface area contributed by atoms with E-state index in [2.05, 4.69) is 16.0 Å². The summed E-state index contributed by atoms with van der Waals surface area (Å²) in [6.45, 7) is 0. The number of amides is 3. The minimum atomic E-state index is -3.19. The summed E-state index contributed by atoms with van der Waals surface area (Å²) in [6, 6.07) is 5.53. The van der Waals surface area contributed by atoms with Gasteiger partial charge in [-0.25, -0.2) is 13.4 Å². The fourth-order valence-electron chi connectivity index (χ4n) is 2.85. The second kappa shape index (κ2) is 7.65. The Labute approximate surface area is 160 Å². The molecule has 1 saturated heterocycles. The Kier molecular flexibility index (Phi) is 5.47. The molecule has 1 aromatic carbocycles. The first-order valence-corrected chi connectivity index (χ1v) is 10.4. The van der Waals surface area contributed by atoms with Crippen LogP contribution in [0.25, 0.3) is 0 Å². The molecule has 0 saturated carbocycles. The van der Waals surface area contributed by atoms with Gasteiger partial charge in [-0.2, -0.15) is 5.10 Å². The lowest BCUT2D eigenvalue weighted by Gasteiger charge is -2.27. The van der Waals surface area contributed by atoms with Gasteiger partial charge >= 0.3 is 0 Å². The minimum absolute atomic E-state index is 0.00432. The van der Waals surface area contributed by atoms with Gasteiger partial charge < -0.3 is 0 Å². The monoisotopic (exact) mass is 412 g/mol. The summed E-state index contributed by atoms with van der Waals surface area (Å²) in [5.74, 6) is -1.68. The van der Waals surface area contributed by atoms with Crippen molar-refractivity contribution >= 4 is 44.9 Å². The predicted molar refractivity (Wildman–Crippen MR) is 97.6 cm³/mol. The van der Waals surface area contributed by atoms with Crippen LogP contribution in [0, 0.1) is 0 Å². The average molecular weight is 413 g/mol. The molecule has 1 atom stereocenters. The van der Waals surface area contributed by atoms with E-state index in [1.54, 1.807) is 12.1 Å². The maximum Gasteiger partial charge on any atom is 0.285 e. The molecule has 2 aliphatic rings. The Morgan fingerprint density at radius 3 is 2.41 bits per heavy atom. The number of nitrogens with one attached hydrogen (secondary N) is 2. The molecular formula is C16H17ClN4O5S. The maximum atomic E-state index is 12.2. The van der Waals surface area contributed by atoms with Crippen LogP contribution < -0.4 is 10.9 Å². The van der Waals surface area contributed by atoms with Crippen LogP contribution in [-0.4, -0.2) is 54.4 Å². The first kappa shape index (κ1) is 19.3. The molecule has 0 aromatic heterocycles. The maximum absolute atomic E-state index is 12.2. The van der Waals surface area contributed by atoms with Crippen LogP contribution in [0.4, 0.5) is 0 Å². The number of hydrogen-bond donors (Lipinski definition) is 2. The smallest absolute Gasteiger partial charge is 0.273 e. The molecule has 2 aliphatic heterocycles. The molecule has 0 bridgehead atoms. The van der Waals surface area contributed by atoms with Crippen molar-refractivity contribution in [2.75, 3.05) is 11.5 Å². The van der Waals surface area contributed by atoms with E-state index in [9.17, 15) is 22.8 Å². The summed E-state index contributed by atoms with van der Waals surface area (Å²) < 4.78 is 23.2. The zero-order valence-corrected chi connectivity index (χ0v) is 15.7. The lowest BCUT2D eigenvalue weighted by Crippen LogP contribution is -2.48. The standard InChI is InChI=1S/C16H17ClN4O5S/c17-11-3-1-10(2-4-11)15(23)18-19-16(24)13-5-6-14(22)21(20-13)12-7-8-27(25,26)9-12/h1-4,12H,5-9H2,(H,18,23)(H,19,24). The van der Waals surface area contributed by atoms with Crippen molar-refractivity contribution in [2.45, 2.75) is 25.3 Å². The third kappa shape index (κ3) is 4.64. The van der Waals surface area contributed by atoms with Crippen LogP contribution >= 0.6 is 11.6 Å². The van der Waals surface area contributed by atoms with Gasteiger partial charge in [0.05, 0.1) is 17.5 Å². The first-order chi connectivity index (χ1) is 12.7. The van der Waals surface area contributed by atoms with Crippen molar-refractivity contribution in [2.24, 2.45) is 5.10 Å².